The van der Waals surface area contributed by atoms with Gasteiger partial charge < -0.3 is 4.74 Å². The normalized spacial score (nSPS) is 10.7. The number of carbonyl (C=O) groups is 1. The first kappa shape index (κ1) is 17.0. The van der Waals surface area contributed by atoms with Crippen LogP contribution in [0, 0.1) is 0 Å². The van der Waals surface area contributed by atoms with Gasteiger partial charge in [-0.05, 0) is 6.42 Å². The van der Waals surface area contributed by atoms with Gasteiger partial charge in [0.1, 0.15) is 6.33 Å². The van der Waals surface area contributed by atoms with Crippen LogP contribution in [0.25, 0.3) is 0 Å². The zero-order valence-corrected chi connectivity index (χ0v) is 13.1. The lowest BCUT2D eigenvalue weighted by Gasteiger charge is -2.04. The van der Waals surface area contributed by atoms with E-state index in [1.54, 1.807) is 0 Å². The molecule has 1 aromatic rings. The first-order chi connectivity index (χ1) is 9.83. The molecule has 1 aromatic heterocycles. The summed E-state index contributed by atoms with van der Waals surface area (Å²) in [6.45, 7) is 2.76. The van der Waals surface area contributed by atoms with E-state index < -0.39 is 0 Å². The van der Waals surface area contributed by atoms with Gasteiger partial charge in [0.05, 0.1) is 12.4 Å². The molecule has 0 aliphatic rings. The third-order valence-corrected chi connectivity index (χ3v) is 3.83. The fraction of sp³-hybridized carbons (Fsp3) is 0.786. The SMILES string of the molecule is CCCCCCCCCCOC(=O)CSc1ncn[nH]1. The standard InChI is InChI=1S/C14H25N3O2S/c1-2-3-4-5-6-7-8-9-10-19-13(18)11-20-14-15-12-16-17-14/h12H,2-11H2,1H3,(H,15,16,17). The summed E-state index contributed by atoms with van der Waals surface area (Å²) in [7, 11) is 0. The molecule has 0 aromatic carbocycles. The average Bonchev–Trinajstić information content (AvgIpc) is 2.96. The molecule has 0 amide bonds. The molecule has 0 aliphatic heterocycles. The highest BCUT2D eigenvalue weighted by molar-refractivity contribution is 7.99. The van der Waals surface area contributed by atoms with Crippen molar-refractivity contribution in [2.75, 3.05) is 12.4 Å². The van der Waals surface area contributed by atoms with Crippen molar-refractivity contribution < 1.29 is 9.53 Å². The van der Waals surface area contributed by atoms with Crippen molar-refractivity contribution in [2.24, 2.45) is 0 Å². The topological polar surface area (TPSA) is 67.9 Å². The highest BCUT2D eigenvalue weighted by atomic mass is 32.2. The Bertz CT molecular complexity index is 344. The molecule has 0 radical (unpaired) electrons. The fourth-order valence-electron chi connectivity index (χ4n) is 1.85. The van der Waals surface area contributed by atoms with Gasteiger partial charge in [-0.2, -0.15) is 5.10 Å². The molecule has 0 atom stereocenters. The van der Waals surface area contributed by atoms with Crippen LogP contribution in [0.4, 0.5) is 0 Å². The van der Waals surface area contributed by atoms with Crippen LogP contribution >= 0.6 is 11.8 Å². The first-order valence-electron chi connectivity index (χ1n) is 7.46. The van der Waals surface area contributed by atoms with E-state index in [0.717, 1.165) is 12.8 Å². The minimum Gasteiger partial charge on any atom is -0.465 e. The van der Waals surface area contributed by atoms with Gasteiger partial charge in [0.2, 0.25) is 0 Å². The molecular weight excluding hydrogens is 274 g/mol. The number of hydrogen-bond acceptors (Lipinski definition) is 5. The maximum absolute atomic E-state index is 11.4. The number of nitrogens with zero attached hydrogens (tertiary/aromatic N) is 2. The number of nitrogens with one attached hydrogen (secondary N) is 1. The van der Waals surface area contributed by atoms with Crippen LogP contribution < -0.4 is 0 Å². The third kappa shape index (κ3) is 8.96. The smallest absolute Gasteiger partial charge is 0.316 e. The van der Waals surface area contributed by atoms with E-state index in [2.05, 4.69) is 22.1 Å². The van der Waals surface area contributed by atoms with Crippen LogP contribution in [0.1, 0.15) is 58.3 Å². The number of esters is 1. The minimum absolute atomic E-state index is 0.186. The second kappa shape index (κ2) is 11.8. The lowest BCUT2D eigenvalue weighted by atomic mass is 10.1. The molecule has 6 heteroatoms. The number of ether oxygens (including phenoxy) is 1. The van der Waals surface area contributed by atoms with E-state index in [-0.39, 0.29) is 11.7 Å². The maximum Gasteiger partial charge on any atom is 0.316 e. The summed E-state index contributed by atoms with van der Waals surface area (Å²) in [4.78, 5) is 15.4. The van der Waals surface area contributed by atoms with E-state index >= 15 is 0 Å². The Morgan fingerprint density at radius 1 is 1.20 bits per heavy atom. The Hall–Kier alpha value is -1.04. The Morgan fingerprint density at radius 3 is 2.55 bits per heavy atom. The largest absolute Gasteiger partial charge is 0.465 e. The van der Waals surface area contributed by atoms with Crippen LogP contribution in [-0.2, 0) is 9.53 Å². The fourth-order valence-corrected chi connectivity index (χ4v) is 2.43. The van der Waals surface area contributed by atoms with E-state index in [4.69, 9.17) is 4.74 Å². The Morgan fingerprint density at radius 2 is 1.90 bits per heavy atom. The van der Waals surface area contributed by atoms with Crippen LogP contribution in [0.15, 0.2) is 11.5 Å². The second-order valence-electron chi connectivity index (χ2n) is 4.77. The van der Waals surface area contributed by atoms with Crippen LogP contribution in [0.3, 0.4) is 0 Å². The predicted octanol–water partition coefficient (Wildman–Crippen LogP) is 3.58. The van der Waals surface area contributed by atoms with Gasteiger partial charge in [-0.1, -0.05) is 63.6 Å². The van der Waals surface area contributed by atoms with Crippen molar-refractivity contribution >= 4 is 17.7 Å². The molecule has 5 nitrogen and oxygen atoms in total. The first-order valence-corrected chi connectivity index (χ1v) is 8.45. The quantitative estimate of drug-likeness (QED) is 0.363. The van der Waals surface area contributed by atoms with Gasteiger partial charge in [0.25, 0.3) is 0 Å². The minimum atomic E-state index is -0.186. The average molecular weight is 299 g/mol. The summed E-state index contributed by atoms with van der Waals surface area (Å²) in [5.74, 6) is 0.0981. The van der Waals surface area contributed by atoms with Gasteiger partial charge in [0.15, 0.2) is 5.16 Å². The lowest BCUT2D eigenvalue weighted by molar-refractivity contribution is -0.140. The van der Waals surface area contributed by atoms with E-state index in [9.17, 15) is 4.79 Å². The molecule has 1 heterocycles. The summed E-state index contributed by atoms with van der Waals surface area (Å²) in [6, 6.07) is 0. The highest BCUT2D eigenvalue weighted by Gasteiger charge is 2.05. The van der Waals surface area contributed by atoms with E-state index in [1.165, 1.54) is 56.6 Å². The Labute approximate surface area is 125 Å². The van der Waals surface area contributed by atoms with Gasteiger partial charge in [-0.15, -0.1) is 0 Å². The van der Waals surface area contributed by atoms with Crippen molar-refractivity contribution in [1.82, 2.24) is 15.2 Å². The van der Waals surface area contributed by atoms with Crippen LogP contribution in [0.2, 0.25) is 0 Å². The van der Waals surface area contributed by atoms with Gasteiger partial charge in [-0.3, -0.25) is 9.89 Å². The number of carbonyl (C=O) groups excluding carboxylic acids is 1. The number of thioether (sulfide) groups is 1. The summed E-state index contributed by atoms with van der Waals surface area (Å²) in [6.07, 6.45) is 11.4. The number of hydrogen-bond donors (Lipinski definition) is 1. The number of unbranched alkanes of at least 4 members (excludes halogenated alkanes) is 7. The molecule has 1 N–H and O–H groups in total. The van der Waals surface area contributed by atoms with Crippen LogP contribution in [-0.4, -0.2) is 33.5 Å². The molecule has 0 spiro atoms. The molecule has 0 unspecified atom stereocenters. The molecule has 114 valence electrons. The van der Waals surface area contributed by atoms with Crippen molar-refractivity contribution in [1.29, 1.82) is 0 Å². The molecule has 0 bridgehead atoms. The number of aromatic amines is 1. The Kier molecular flexibility index (Phi) is 10.0. The summed E-state index contributed by atoms with van der Waals surface area (Å²) in [5, 5.41) is 7.05. The number of H-pyrrole nitrogens is 1. The molecule has 0 saturated heterocycles. The molecular formula is C14H25N3O2S. The highest BCUT2D eigenvalue weighted by Crippen LogP contribution is 2.11. The summed E-state index contributed by atoms with van der Waals surface area (Å²) < 4.78 is 5.16. The monoisotopic (exact) mass is 299 g/mol. The van der Waals surface area contributed by atoms with Gasteiger partial charge in [0, 0.05) is 0 Å². The molecule has 0 aliphatic carbocycles. The van der Waals surface area contributed by atoms with Crippen LogP contribution in [0.5, 0.6) is 0 Å². The Balaban J connectivity index is 1.84. The molecule has 0 saturated carbocycles. The van der Waals surface area contributed by atoms with Crippen molar-refractivity contribution in [2.45, 2.75) is 63.4 Å². The zero-order valence-electron chi connectivity index (χ0n) is 12.3. The maximum atomic E-state index is 11.4. The van der Waals surface area contributed by atoms with Gasteiger partial charge in [-0.25, -0.2) is 4.98 Å². The second-order valence-corrected chi connectivity index (χ2v) is 5.74. The molecule has 20 heavy (non-hydrogen) atoms. The molecule has 0 fully saturated rings. The van der Waals surface area contributed by atoms with E-state index in [1.807, 2.05) is 0 Å². The van der Waals surface area contributed by atoms with Crippen molar-refractivity contribution in [3.8, 4) is 0 Å². The lowest BCUT2D eigenvalue weighted by Crippen LogP contribution is -2.08. The predicted molar refractivity (Wildman–Crippen MR) is 80.7 cm³/mol. The summed E-state index contributed by atoms with van der Waals surface area (Å²) >= 11 is 1.31. The zero-order chi connectivity index (χ0) is 14.5. The van der Waals surface area contributed by atoms with E-state index in [0.29, 0.717) is 11.8 Å². The third-order valence-electron chi connectivity index (χ3n) is 2.98. The number of aromatic nitrogens is 3. The van der Waals surface area contributed by atoms with Crippen molar-refractivity contribution in [3.63, 3.8) is 0 Å². The molecule has 1 rings (SSSR count). The van der Waals surface area contributed by atoms with Gasteiger partial charge >= 0.3 is 5.97 Å². The number of rotatable bonds is 12. The summed E-state index contributed by atoms with van der Waals surface area (Å²) in [5.41, 5.74) is 0. The van der Waals surface area contributed by atoms with Crippen molar-refractivity contribution in [3.05, 3.63) is 6.33 Å².